The highest BCUT2D eigenvalue weighted by molar-refractivity contribution is 5.70. The van der Waals surface area contributed by atoms with Crippen LogP contribution >= 0.6 is 0 Å². The minimum atomic E-state index is -0.672. The third-order valence-electron chi connectivity index (χ3n) is 5.60. The Morgan fingerprint density at radius 1 is 0.732 bits per heavy atom. The van der Waals surface area contributed by atoms with E-state index >= 15 is 0 Å². The van der Waals surface area contributed by atoms with Crippen molar-refractivity contribution >= 4 is 11.8 Å². The van der Waals surface area contributed by atoms with Gasteiger partial charge in [0, 0.05) is 37.7 Å². The van der Waals surface area contributed by atoms with Crippen molar-refractivity contribution in [2.45, 2.75) is 6.42 Å². The van der Waals surface area contributed by atoms with E-state index < -0.39 is 11.0 Å². The van der Waals surface area contributed by atoms with Gasteiger partial charge in [0.2, 0.25) is 0 Å². The Morgan fingerprint density at radius 3 is 1.59 bits per heavy atom. The van der Waals surface area contributed by atoms with Gasteiger partial charge in [0.15, 0.2) is 0 Å². The van der Waals surface area contributed by atoms with Crippen molar-refractivity contribution in [3.05, 3.63) is 46.0 Å². The maximum absolute atomic E-state index is 11.7. The molecule has 0 bridgehead atoms. The number of carbonyl (C=O) groups is 1. The summed E-state index contributed by atoms with van der Waals surface area (Å²) in [6.45, 7) is 7.68. The summed E-state index contributed by atoms with van der Waals surface area (Å²) in [5.74, 6) is 0.762. The average molecular weight is 586 g/mol. The van der Waals surface area contributed by atoms with Gasteiger partial charge in [0.05, 0.1) is 90.8 Å². The lowest BCUT2D eigenvalue weighted by atomic mass is 10.2. The van der Waals surface area contributed by atoms with Gasteiger partial charge in [-0.2, -0.15) is 0 Å². The minimum absolute atomic E-state index is 0.0820. The third-order valence-corrected chi connectivity index (χ3v) is 5.60. The van der Waals surface area contributed by atoms with Gasteiger partial charge in [-0.15, -0.1) is 0 Å². The molecule has 0 fully saturated rings. The van der Waals surface area contributed by atoms with Crippen molar-refractivity contribution in [2.24, 2.45) is 11.7 Å². The monoisotopic (exact) mass is 585 g/mol. The number of amides is 1. The van der Waals surface area contributed by atoms with Gasteiger partial charge < -0.3 is 48.9 Å². The largest absolute Gasteiger partial charge is 0.412 e. The average Bonchev–Trinajstić information content (AvgIpc) is 3.74. The summed E-state index contributed by atoms with van der Waals surface area (Å²) in [4.78, 5) is 21.8. The number of nitrogens with zero attached hydrogens (tertiary/aromatic N) is 1. The highest BCUT2D eigenvalue weighted by Gasteiger charge is 2.21. The molecule has 0 saturated heterocycles. The van der Waals surface area contributed by atoms with Crippen molar-refractivity contribution < 1.29 is 47.6 Å². The lowest BCUT2D eigenvalue weighted by Crippen LogP contribution is -2.30. The Labute approximate surface area is 240 Å². The Balaban J connectivity index is 1.20. The summed E-state index contributed by atoms with van der Waals surface area (Å²) >= 11 is 0. The van der Waals surface area contributed by atoms with E-state index in [0.29, 0.717) is 91.7 Å². The second-order valence-corrected chi connectivity index (χ2v) is 8.69. The molecule has 1 aromatic rings. The maximum atomic E-state index is 11.7. The zero-order valence-electron chi connectivity index (χ0n) is 23.5. The molecule has 14 nitrogen and oxygen atoms in total. The summed E-state index contributed by atoms with van der Waals surface area (Å²) < 4.78 is 43.1. The predicted molar refractivity (Wildman–Crippen MR) is 148 cm³/mol. The lowest BCUT2D eigenvalue weighted by molar-refractivity contribution is -0.384. The first-order valence-electron chi connectivity index (χ1n) is 13.7. The number of benzene rings is 1. The molecule has 0 heterocycles. The molecule has 1 aliphatic rings. The van der Waals surface area contributed by atoms with Crippen molar-refractivity contribution in [3.8, 4) is 5.75 Å². The molecule has 2 rings (SSSR count). The summed E-state index contributed by atoms with van der Waals surface area (Å²) in [7, 11) is 0. The number of hydrogen-bond acceptors (Lipinski definition) is 12. The molecule has 232 valence electrons. The summed E-state index contributed by atoms with van der Waals surface area (Å²) in [5.41, 5.74) is 6.81. The Kier molecular flexibility index (Phi) is 19.3. The van der Waals surface area contributed by atoms with Crippen LogP contribution in [0.5, 0.6) is 5.75 Å². The Bertz CT molecular complexity index is 871. The topological polar surface area (TPSA) is 172 Å². The first kappa shape index (κ1) is 34.5. The van der Waals surface area contributed by atoms with Gasteiger partial charge in [-0.25, -0.2) is 4.79 Å². The number of non-ortho nitro benzene ring substituents is 1. The molecular weight excluding hydrogens is 542 g/mol. The van der Waals surface area contributed by atoms with Crippen LogP contribution in [0, 0.1) is 16.0 Å². The molecule has 3 N–H and O–H groups in total. The van der Waals surface area contributed by atoms with Crippen LogP contribution in [0.3, 0.4) is 0 Å². The standard InChI is InChI=1S/C27H43N3O11/c28-22-24-21-23(24)5-7-34-9-11-36-13-15-38-17-19-40-20-18-39-16-14-37-12-10-35-8-6-29-27(31)41-26-3-1-25(2-4-26)30(32)33/h1-4,21,23H,5-20,22,28H2,(H,29,31). The molecular formula is C27H43N3O11. The number of ether oxygens (including phenoxy) is 8. The van der Waals surface area contributed by atoms with E-state index in [1.54, 1.807) is 0 Å². The molecule has 0 spiro atoms. The fourth-order valence-electron chi connectivity index (χ4n) is 3.33. The van der Waals surface area contributed by atoms with E-state index in [1.807, 2.05) is 0 Å². The van der Waals surface area contributed by atoms with E-state index in [-0.39, 0.29) is 24.6 Å². The van der Waals surface area contributed by atoms with Crippen LogP contribution in [-0.4, -0.2) is 117 Å². The van der Waals surface area contributed by atoms with Crippen LogP contribution in [-0.2, 0) is 33.2 Å². The van der Waals surface area contributed by atoms with Gasteiger partial charge in [0.25, 0.3) is 5.69 Å². The highest BCUT2D eigenvalue weighted by Crippen LogP contribution is 2.30. The molecule has 0 aromatic heterocycles. The lowest BCUT2D eigenvalue weighted by Gasteiger charge is -2.09. The number of nitrogens with one attached hydrogen (secondary N) is 1. The van der Waals surface area contributed by atoms with Crippen molar-refractivity contribution in [3.63, 3.8) is 0 Å². The molecule has 0 radical (unpaired) electrons. The number of nitro benzene ring substituents is 1. The van der Waals surface area contributed by atoms with Crippen LogP contribution in [0.4, 0.5) is 10.5 Å². The van der Waals surface area contributed by atoms with Crippen molar-refractivity contribution in [1.82, 2.24) is 5.32 Å². The number of hydrogen-bond donors (Lipinski definition) is 2. The first-order chi connectivity index (χ1) is 20.1. The maximum Gasteiger partial charge on any atom is 0.412 e. The molecule has 1 amide bonds. The molecule has 0 aliphatic heterocycles. The molecule has 14 heteroatoms. The summed E-state index contributed by atoms with van der Waals surface area (Å²) in [6.07, 6.45) is 2.52. The van der Waals surface area contributed by atoms with E-state index in [2.05, 4.69) is 11.4 Å². The van der Waals surface area contributed by atoms with Gasteiger partial charge in [-0.3, -0.25) is 10.1 Å². The SMILES string of the molecule is NCC1=CC1CCOCCOCCOCCOCCOCCOCCOCCNC(=O)Oc1ccc([N+](=O)[O-])cc1. The smallest absolute Gasteiger partial charge is 0.410 e. The fourth-order valence-corrected chi connectivity index (χ4v) is 3.33. The summed E-state index contributed by atoms with van der Waals surface area (Å²) in [5, 5.41) is 13.1. The van der Waals surface area contributed by atoms with E-state index in [0.717, 1.165) is 13.0 Å². The minimum Gasteiger partial charge on any atom is -0.410 e. The zero-order chi connectivity index (χ0) is 29.4. The summed E-state index contributed by atoms with van der Waals surface area (Å²) in [6, 6.07) is 5.22. The zero-order valence-corrected chi connectivity index (χ0v) is 23.5. The van der Waals surface area contributed by atoms with E-state index in [4.69, 9.17) is 43.6 Å². The van der Waals surface area contributed by atoms with Crippen LogP contribution in [0.2, 0.25) is 0 Å². The van der Waals surface area contributed by atoms with Crippen LogP contribution < -0.4 is 15.8 Å². The Morgan fingerprint density at radius 2 is 1.17 bits per heavy atom. The molecule has 1 unspecified atom stereocenters. The molecule has 1 aromatic carbocycles. The molecule has 1 atom stereocenters. The normalized spacial score (nSPS) is 14.1. The quantitative estimate of drug-likeness (QED) is 0.0663. The van der Waals surface area contributed by atoms with Gasteiger partial charge in [-0.05, 0) is 18.6 Å². The number of carbonyl (C=O) groups excluding carboxylic acids is 1. The number of nitro groups is 1. The number of allylic oxidation sites excluding steroid dienone is 1. The highest BCUT2D eigenvalue weighted by atomic mass is 16.6. The van der Waals surface area contributed by atoms with E-state index in [1.165, 1.54) is 29.8 Å². The van der Waals surface area contributed by atoms with Crippen molar-refractivity contribution in [1.29, 1.82) is 0 Å². The third kappa shape index (κ3) is 18.4. The second-order valence-electron chi connectivity index (χ2n) is 8.69. The number of rotatable bonds is 27. The predicted octanol–water partition coefficient (Wildman–Crippen LogP) is 1.70. The number of nitrogens with two attached hydrogens (primary N) is 1. The first-order valence-corrected chi connectivity index (χ1v) is 13.7. The molecule has 41 heavy (non-hydrogen) atoms. The molecule has 1 aliphatic carbocycles. The van der Waals surface area contributed by atoms with Gasteiger partial charge in [0.1, 0.15) is 5.75 Å². The second kappa shape index (κ2) is 22.9. The van der Waals surface area contributed by atoms with Gasteiger partial charge >= 0.3 is 6.09 Å². The van der Waals surface area contributed by atoms with Crippen LogP contribution in [0.15, 0.2) is 35.9 Å². The van der Waals surface area contributed by atoms with E-state index in [9.17, 15) is 14.9 Å². The van der Waals surface area contributed by atoms with Crippen LogP contribution in [0.1, 0.15) is 6.42 Å². The van der Waals surface area contributed by atoms with Gasteiger partial charge in [-0.1, -0.05) is 11.6 Å². The fraction of sp³-hybridized carbons (Fsp3) is 0.667. The van der Waals surface area contributed by atoms with Crippen molar-refractivity contribution in [2.75, 3.05) is 106 Å². The Hall–Kier alpha value is -2.69. The van der Waals surface area contributed by atoms with Crippen LogP contribution in [0.25, 0.3) is 0 Å². The molecule has 0 saturated carbocycles.